The zero-order valence-corrected chi connectivity index (χ0v) is 22.5. The molecule has 1 aromatic rings. The van der Waals surface area contributed by atoms with Crippen molar-refractivity contribution in [1.82, 2.24) is 15.5 Å². The summed E-state index contributed by atoms with van der Waals surface area (Å²) in [6.45, 7) is 12.0. The van der Waals surface area contributed by atoms with Crippen LogP contribution in [0.25, 0.3) is 0 Å². The van der Waals surface area contributed by atoms with Crippen LogP contribution in [0.2, 0.25) is 0 Å². The van der Waals surface area contributed by atoms with Gasteiger partial charge in [-0.25, -0.2) is 0 Å². The second kappa shape index (κ2) is 15.1. The summed E-state index contributed by atoms with van der Waals surface area (Å²) in [5.74, 6) is 2.13. The lowest BCUT2D eigenvalue weighted by Gasteiger charge is -2.38. The van der Waals surface area contributed by atoms with Gasteiger partial charge in [0.2, 0.25) is 0 Å². The molecule has 0 aromatic heterocycles. The Bertz CT molecular complexity index is 680. The zero-order valence-electron chi connectivity index (χ0n) is 20.1. The zero-order chi connectivity index (χ0) is 21.9. The highest BCUT2D eigenvalue weighted by atomic mass is 127. The van der Waals surface area contributed by atoms with E-state index in [4.69, 9.17) is 9.47 Å². The van der Waals surface area contributed by atoms with E-state index in [2.05, 4.69) is 58.6 Å². The monoisotopic (exact) mass is 558 g/mol. The summed E-state index contributed by atoms with van der Waals surface area (Å²) in [5, 5.41) is 7.00. The quantitative estimate of drug-likeness (QED) is 0.199. The van der Waals surface area contributed by atoms with Gasteiger partial charge < -0.3 is 20.1 Å². The number of nitrogens with zero attached hydrogens (tertiary/aromatic N) is 2. The normalized spacial score (nSPS) is 18.7. The Morgan fingerprint density at radius 2 is 1.94 bits per heavy atom. The first-order valence-corrected chi connectivity index (χ1v) is 12.1. The van der Waals surface area contributed by atoms with Gasteiger partial charge in [0.1, 0.15) is 0 Å². The van der Waals surface area contributed by atoms with Gasteiger partial charge in [-0.2, -0.15) is 0 Å². The SMILES string of the molecule is CN=C(NCCCOCC1CCOCC1)NCC(C(C)C)N1CCc2ccccc2C1.I. The van der Waals surface area contributed by atoms with E-state index in [-0.39, 0.29) is 24.0 Å². The molecule has 0 amide bonds. The fourth-order valence-electron chi connectivity index (χ4n) is 4.55. The Kier molecular flexibility index (Phi) is 12.9. The van der Waals surface area contributed by atoms with Gasteiger partial charge in [-0.05, 0) is 48.6 Å². The number of nitrogens with one attached hydrogen (secondary N) is 2. The lowest BCUT2D eigenvalue weighted by atomic mass is 9.95. The molecule has 6 nitrogen and oxygen atoms in total. The van der Waals surface area contributed by atoms with Gasteiger partial charge in [-0.1, -0.05) is 38.1 Å². The van der Waals surface area contributed by atoms with Crippen LogP contribution in [-0.4, -0.2) is 70.0 Å². The fraction of sp³-hybridized carbons (Fsp3) is 0.720. The summed E-state index contributed by atoms with van der Waals surface area (Å²) in [7, 11) is 1.85. The van der Waals surface area contributed by atoms with E-state index < -0.39 is 0 Å². The maximum absolute atomic E-state index is 5.86. The molecule has 0 aliphatic carbocycles. The molecule has 2 heterocycles. The number of rotatable bonds is 10. The minimum absolute atomic E-state index is 0. The summed E-state index contributed by atoms with van der Waals surface area (Å²) in [6, 6.07) is 9.34. The topological polar surface area (TPSA) is 58.1 Å². The van der Waals surface area contributed by atoms with Gasteiger partial charge in [-0.15, -0.1) is 24.0 Å². The first-order valence-electron chi connectivity index (χ1n) is 12.1. The maximum Gasteiger partial charge on any atom is 0.191 e. The van der Waals surface area contributed by atoms with Crippen molar-refractivity contribution in [2.75, 3.05) is 53.1 Å². The highest BCUT2D eigenvalue weighted by molar-refractivity contribution is 14.0. The Morgan fingerprint density at radius 1 is 1.19 bits per heavy atom. The van der Waals surface area contributed by atoms with Crippen LogP contribution in [0.4, 0.5) is 0 Å². The van der Waals surface area contributed by atoms with Crippen molar-refractivity contribution in [2.24, 2.45) is 16.8 Å². The predicted molar refractivity (Wildman–Crippen MR) is 143 cm³/mol. The second-order valence-corrected chi connectivity index (χ2v) is 9.16. The third-order valence-electron chi connectivity index (χ3n) is 6.55. The van der Waals surface area contributed by atoms with Gasteiger partial charge in [0.05, 0.1) is 0 Å². The molecule has 2 aliphatic heterocycles. The molecule has 1 unspecified atom stereocenters. The number of aliphatic imine (C=N–C) groups is 1. The van der Waals surface area contributed by atoms with Crippen molar-refractivity contribution in [3.63, 3.8) is 0 Å². The van der Waals surface area contributed by atoms with E-state index in [0.29, 0.717) is 17.9 Å². The highest BCUT2D eigenvalue weighted by Gasteiger charge is 2.25. The van der Waals surface area contributed by atoms with Crippen molar-refractivity contribution in [3.8, 4) is 0 Å². The third-order valence-corrected chi connectivity index (χ3v) is 6.55. The van der Waals surface area contributed by atoms with Crippen LogP contribution in [0.15, 0.2) is 29.3 Å². The molecule has 0 spiro atoms. The van der Waals surface area contributed by atoms with Crippen LogP contribution in [0, 0.1) is 11.8 Å². The molecule has 182 valence electrons. The van der Waals surface area contributed by atoms with Gasteiger partial charge in [0.15, 0.2) is 5.96 Å². The van der Waals surface area contributed by atoms with Crippen molar-refractivity contribution < 1.29 is 9.47 Å². The number of guanidine groups is 1. The number of halogens is 1. The van der Waals surface area contributed by atoms with Crippen LogP contribution in [0.1, 0.15) is 44.2 Å². The number of fused-ring (bicyclic) bond motifs is 1. The van der Waals surface area contributed by atoms with Crippen LogP contribution < -0.4 is 10.6 Å². The summed E-state index contributed by atoms with van der Waals surface area (Å²) in [4.78, 5) is 7.04. The minimum atomic E-state index is 0. The summed E-state index contributed by atoms with van der Waals surface area (Å²) < 4.78 is 11.3. The average Bonchev–Trinajstić information content (AvgIpc) is 2.80. The maximum atomic E-state index is 5.86. The van der Waals surface area contributed by atoms with E-state index in [0.717, 1.165) is 84.2 Å². The second-order valence-electron chi connectivity index (χ2n) is 9.16. The fourth-order valence-corrected chi connectivity index (χ4v) is 4.55. The van der Waals surface area contributed by atoms with Crippen molar-refractivity contribution >= 4 is 29.9 Å². The molecule has 0 bridgehead atoms. The van der Waals surface area contributed by atoms with Crippen LogP contribution >= 0.6 is 24.0 Å². The largest absolute Gasteiger partial charge is 0.381 e. The molecule has 1 atom stereocenters. The molecule has 2 aliphatic rings. The third kappa shape index (κ3) is 8.80. The predicted octanol–water partition coefficient (Wildman–Crippen LogP) is 3.69. The molecule has 0 radical (unpaired) electrons. The number of hydrogen-bond acceptors (Lipinski definition) is 4. The van der Waals surface area contributed by atoms with E-state index in [1.165, 1.54) is 11.1 Å². The molecule has 1 aromatic carbocycles. The van der Waals surface area contributed by atoms with Crippen molar-refractivity contribution in [2.45, 2.75) is 52.1 Å². The van der Waals surface area contributed by atoms with Gasteiger partial charge in [-0.3, -0.25) is 9.89 Å². The number of hydrogen-bond donors (Lipinski definition) is 2. The van der Waals surface area contributed by atoms with E-state index >= 15 is 0 Å². The van der Waals surface area contributed by atoms with Crippen molar-refractivity contribution in [1.29, 1.82) is 0 Å². The number of ether oxygens (including phenoxy) is 2. The highest BCUT2D eigenvalue weighted by Crippen LogP contribution is 2.22. The first-order chi connectivity index (χ1) is 15.2. The Balaban J connectivity index is 0.00000363. The molecule has 7 heteroatoms. The summed E-state index contributed by atoms with van der Waals surface area (Å²) in [5.41, 5.74) is 2.98. The Labute approximate surface area is 211 Å². The Morgan fingerprint density at radius 3 is 2.66 bits per heavy atom. The molecule has 1 saturated heterocycles. The average molecular weight is 559 g/mol. The van der Waals surface area contributed by atoms with Gasteiger partial charge in [0, 0.05) is 65.7 Å². The molecule has 2 N–H and O–H groups in total. The standard InChI is InChI=1S/C25H42N4O2.HI/c1-20(2)24(29-13-9-22-7-4-5-8-23(22)18-29)17-28-25(26-3)27-12-6-14-31-19-21-10-15-30-16-11-21;/h4-5,7-8,20-21,24H,6,9-19H2,1-3H3,(H2,26,27,28);1H. The van der Waals surface area contributed by atoms with Crippen molar-refractivity contribution in [3.05, 3.63) is 35.4 Å². The van der Waals surface area contributed by atoms with Crippen LogP contribution in [0.5, 0.6) is 0 Å². The summed E-state index contributed by atoms with van der Waals surface area (Å²) in [6.07, 6.45) is 4.39. The van der Waals surface area contributed by atoms with E-state index in [9.17, 15) is 0 Å². The van der Waals surface area contributed by atoms with Gasteiger partial charge in [0.25, 0.3) is 0 Å². The van der Waals surface area contributed by atoms with E-state index in [1.54, 1.807) is 0 Å². The smallest absolute Gasteiger partial charge is 0.191 e. The van der Waals surface area contributed by atoms with Gasteiger partial charge >= 0.3 is 0 Å². The van der Waals surface area contributed by atoms with Crippen LogP contribution in [-0.2, 0) is 22.4 Å². The number of benzene rings is 1. The van der Waals surface area contributed by atoms with Crippen LogP contribution in [0.3, 0.4) is 0 Å². The van der Waals surface area contributed by atoms with E-state index in [1.807, 2.05) is 7.05 Å². The lowest BCUT2D eigenvalue weighted by molar-refractivity contribution is 0.0203. The minimum Gasteiger partial charge on any atom is -0.381 e. The molecule has 3 rings (SSSR count). The molecular formula is C25H43IN4O2. The Hall–Kier alpha value is -0.900. The molecule has 32 heavy (non-hydrogen) atoms. The molecule has 1 fully saturated rings. The first kappa shape index (κ1) is 27.3. The molecule has 0 saturated carbocycles. The lowest BCUT2D eigenvalue weighted by Crippen LogP contribution is -2.50. The summed E-state index contributed by atoms with van der Waals surface area (Å²) >= 11 is 0. The molecular weight excluding hydrogens is 515 g/mol.